The van der Waals surface area contributed by atoms with Crippen LogP contribution in [-0.4, -0.2) is 36.2 Å². The smallest absolute Gasteiger partial charge is 0.282 e. The fourth-order valence-corrected chi connectivity index (χ4v) is 5.43. The topological polar surface area (TPSA) is 132 Å². The summed E-state index contributed by atoms with van der Waals surface area (Å²) in [6, 6.07) is 13.8. The first-order chi connectivity index (χ1) is 21.0. The van der Waals surface area contributed by atoms with E-state index in [9.17, 15) is 24.3 Å². The van der Waals surface area contributed by atoms with Gasteiger partial charge in [-0.05, 0) is 80.4 Å². The third-order valence-electron chi connectivity index (χ3n) is 8.01. The molecule has 1 amide bonds. The summed E-state index contributed by atoms with van der Waals surface area (Å²) in [5.74, 6) is -0.168. The van der Waals surface area contributed by atoms with Gasteiger partial charge in [0.05, 0.1) is 22.5 Å². The van der Waals surface area contributed by atoms with Gasteiger partial charge in [-0.1, -0.05) is 23.8 Å². The Morgan fingerprint density at radius 3 is 2.11 bits per heavy atom. The molecule has 3 aliphatic rings. The first-order valence-corrected chi connectivity index (χ1v) is 13.8. The summed E-state index contributed by atoms with van der Waals surface area (Å²) < 4.78 is 3.99. The molecule has 0 radical (unpaired) electrons. The molecule has 1 aromatic heterocycles. The minimum atomic E-state index is -0.380. The molecule has 0 spiro atoms. The Hall–Kier alpha value is -5.84. The number of aldehydes is 1. The molecule has 11 nitrogen and oxygen atoms in total. The highest BCUT2D eigenvalue weighted by molar-refractivity contribution is 6.08. The molecule has 0 bridgehead atoms. The van der Waals surface area contributed by atoms with Crippen LogP contribution in [0.4, 0.5) is 5.69 Å². The maximum absolute atomic E-state index is 13.4. The van der Waals surface area contributed by atoms with Crippen molar-refractivity contribution in [3.63, 3.8) is 0 Å². The number of aromatic nitrogens is 4. The molecule has 0 atom stereocenters. The number of amides is 1. The fraction of sp³-hybridized carbons (Fsp3) is 0.152. The quantitative estimate of drug-likeness (QED) is 0.314. The van der Waals surface area contributed by atoms with Crippen molar-refractivity contribution in [1.29, 1.82) is 0 Å². The first-order valence-electron chi connectivity index (χ1n) is 13.8. The van der Waals surface area contributed by atoms with Crippen molar-refractivity contribution < 1.29 is 14.7 Å². The minimum Gasteiger partial charge on any atom is -0.494 e. The van der Waals surface area contributed by atoms with Crippen LogP contribution in [0.1, 0.15) is 43.0 Å². The number of anilines is 1. The number of rotatable bonds is 5. The molecule has 0 saturated heterocycles. The van der Waals surface area contributed by atoms with E-state index >= 15 is 0 Å². The van der Waals surface area contributed by atoms with Crippen molar-refractivity contribution in [3.05, 3.63) is 119 Å². The van der Waals surface area contributed by atoms with Crippen LogP contribution in [0.3, 0.4) is 0 Å². The number of carbonyl (C=O) groups is 2. The van der Waals surface area contributed by atoms with Crippen LogP contribution in [0.5, 0.6) is 5.88 Å². The van der Waals surface area contributed by atoms with E-state index in [0.717, 1.165) is 5.56 Å². The third kappa shape index (κ3) is 4.28. The number of hydrogen-bond donors (Lipinski definition) is 1. The van der Waals surface area contributed by atoms with Gasteiger partial charge in [0.25, 0.3) is 17.0 Å². The normalized spacial score (nSPS) is 13.2. The Morgan fingerprint density at radius 2 is 1.45 bits per heavy atom. The van der Waals surface area contributed by atoms with Gasteiger partial charge >= 0.3 is 0 Å². The van der Waals surface area contributed by atoms with Gasteiger partial charge in [0, 0.05) is 30.4 Å². The van der Waals surface area contributed by atoms with Crippen molar-refractivity contribution in [3.8, 4) is 23.0 Å². The van der Waals surface area contributed by atoms with Gasteiger partial charge < -0.3 is 5.11 Å². The van der Waals surface area contributed by atoms with Crippen LogP contribution >= 0.6 is 0 Å². The molecule has 0 unspecified atom stereocenters. The molecule has 3 aromatic rings. The number of aromatic hydroxyl groups is 1. The largest absolute Gasteiger partial charge is 0.494 e. The van der Waals surface area contributed by atoms with Gasteiger partial charge in [0.1, 0.15) is 6.29 Å². The van der Waals surface area contributed by atoms with Crippen LogP contribution in [0.25, 0.3) is 29.2 Å². The maximum Gasteiger partial charge on any atom is 0.282 e. The van der Waals surface area contributed by atoms with Crippen molar-refractivity contribution >= 4 is 30.0 Å². The number of nitrogens with zero attached hydrogens (tertiary/aromatic N) is 6. The lowest BCUT2D eigenvalue weighted by atomic mass is 10.0. The van der Waals surface area contributed by atoms with Crippen molar-refractivity contribution in [2.45, 2.75) is 20.8 Å². The van der Waals surface area contributed by atoms with E-state index in [-0.39, 0.29) is 34.2 Å². The Morgan fingerprint density at radius 1 is 0.795 bits per heavy atom. The van der Waals surface area contributed by atoms with E-state index in [1.165, 1.54) is 18.8 Å². The zero-order valence-corrected chi connectivity index (χ0v) is 24.7. The maximum atomic E-state index is 13.4. The van der Waals surface area contributed by atoms with Crippen molar-refractivity contribution in [1.82, 2.24) is 18.9 Å². The third-order valence-corrected chi connectivity index (χ3v) is 8.01. The summed E-state index contributed by atoms with van der Waals surface area (Å²) in [4.78, 5) is 51.3. The second-order valence-electron chi connectivity index (χ2n) is 10.7. The summed E-state index contributed by atoms with van der Waals surface area (Å²) in [6.45, 7) is 5.37. The van der Waals surface area contributed by atoms with Gasteiger partial charge in [-0.2, -0.15) is 9.69 Å². The zero-order chi connectivity index (χ0) is 31.4. The van der Waals surface area contributed by atoms with E-state index in [1.807, 2.05) is 19.1 Å². The lowest BCUT2D eigenvalue weighted by molar-refractivity contribution is 0.0993. The number of fused-ring (bicyclic) bond motifs is 2. The number of pyridine rings is 2. The predicted octanol–water partition coefficient (Wildman–Crippen LogP) is 2.51. The molecule has 0 saturated carbocycles. The average molecular weight is 589 g/mol. The molecular weight excluding hydrogens is 560 g/mol. The average Bonchev–Trinajstić information content (AvgIpc) is 3.56. The highest BCUT2D eigenvalue weighted by atomic mass is 16.3. The SMILES string of the molecule is Cc1ccc(N2N=c3c(c(C)c(=CC=Cc4c(C)c5c(=O)n(-c6ccc(C=O)cc6)nc-5n(C)c4O)c(=O)n3C)C2=O)cc1. The predicted molar refractivity (Wildman–Crippen MR) is 166 cm³/mol. The van der Waals surface area contributed by atoms with Crippen molar-refractivity contribution in [2.75, 3.05) is 5.01 Å². The van der Waals surface area contributed by atoms with E-state index in [0.29, 0.717) is 56.3 Å². The summed E-state index contributed by atoms with van der Waals surface area (Å²) in [6.07, 6.45) is 5.51. The lowest BCUT2D eigenvalue weighted by Gasteiger charge is -2.14. The second kappa shape index (κ2) is 10.5. The van der Waals surface area contributed by atoms with Gasteiger partial charge in [-0.3, -0.25) is 28.3 Å². The molecule has 1 N–H and O–H groups in total. The molecule has 0 aliphatic carbocycles. The highest BCUT2D eigenvalue weighted by Gasteiger charge is 2.30. The molecule has 44 heavy (non-hydrogen) atoms. The van der Waals surface area contributed by atoms with Crippen LogP contribution < -0.4 is 26.8 Å². The minimum absolute atomic E-state index is 0.123. The lowest BCUT2D eigenvalue weighted by Crippen LogP contribution is -2.44. The number of aryl methyl sites for hydroxylation is 1. The molecule has 2 aromatic carbocycles. The Labute approximate surface area is 250 Å². The summed E-state index contributed by atoms with van der Waals surface area (Å²) in [5.41, 5.74) is 4.18. The van der Waals surface area contributed by atoms with Crippen molar-refractivity contribution in [2.24, 2.45) is 19.2 Å². The monoisotopic (exact) mass is 588 g/mol. The highest BCUT2D eigenvalue weighted by Crippen LogP contribution is 2.32. The van der Waals surface area contributed by atoms with Crippen LogP contribution in [-0.2, 0) is 14.1 Å². The van der Waals surface area contributed by atoms with E-state index < -0.39 is 0 Å². The zero-order valence-electron chi connectivity index (χ0n) is 24.7. The Kier molecular flexibility index (Phi) is 6.72. The molecule has 0 fully saturated rings. The fourth-order valence-electron chi connectivity index (χ4n) is 5.43. The van der Waals surface area contributed by atoms with Gasteiger partial charge in [0.15, 0.2) is 17.2 Å². The second-order valence-corrected chi connectivity index (χ2v) is 10.7. The molecule has 3 aliphatic heterocycles. The van der Waals surface area contributed by atoms with Gasteiger partial charge in [-0.15, -0.1) is 10.2 Å². The van der Waals surface area contributed by atoms with Gasteiger partial charge in [0.2, 0.25) is 0 Å². The standard InChI is InChI=1S/C33H28N6O5/c1-18-9-13-22(14-10-18)38-32(43)26-19(2)24(30(41)36(4)28(26)34-38)7-6-8-25-20(3)27-29(37(5)31(25)42)35-39(33(27)44)23-15-11-21(17-40)12-16-23/h6-17,42H,1-5H3. The van der Waals surface area contributed by atoms with Gasteiger partial charge in [-0.25, -0.2) is 0 Å². The number of carbonyl (C=O) groups excluding carboxylic acids is 2. The van der Waals surface area contributed by atoms with E-state index in [4.69, 9.17) is 0 Å². The molecule has 4 heterocycles. The summed E-state index contributed by atoms with van der Waals surface area (Å²) >= 11 is 0. The Balaban J connectivity index is 1.43. The van der Waals surface area contributed by atoms with E-state index in [1.54, 1.807) is 82.6 Å². The molecule has 11 heteroatoms. The number of allylic oxidation sites excluding steroid dienone is 1. The van der Waals surface area contributed by atoms with Crippen LogP contribution in [0.2, 0.25) is 0 Å². The number of benzene rings is 2. The summed E-state index contributed by atoms with van der Waals surface area (Å²) in [7, 11) is 3.17. The Bertz CT molecular complexity index is 2250. The molecule has 220 valence electrons. The van der Waals surface area contributed by atoms with Crippen LogP contribution in [0, 0.1) is 20.8 Å². The first kappa shape index (κ1) is 28.3. The van der Waals surface area contributed by atoms with E-state index in [2.05, 4.69) is 10.2 Å². The molecule has 6 rings (SSSR count). The molecular formula is C33H28N6O5. The number of hydrogen-bond acceptors (Lipinski definition) is 7. The summed E-state index contributed by atoms with van der Waals surface area (Å²) in [5, 5.41) is 21.5. The van der Waals surface area contributed by atoms with Crippen LogP contribution in [0.15, 0.2) is 69.3 Å².